The van der Waals surface area contributed by atoms with Crippen molar-refractivity contribution < 1.29 is 26.2 Å². The summed E-state index contributed by atoms with van der Waals surface area (Å²) in [6.07, 6.45) is 0. The van der Waals surface area contributed by atoms with Gasteiger partial charge in [-0.1, -0.05) is 53.0 Å². The van der Waals surface area contributed by atoms with E-state index in [0.29, 0.717) is 0 Å². The summed E-state index contributed by atoms with van der Waals surface area (Å²) in [7, 11) is -8.51. The Bertz CT molecular complexity index is 637. The summed E-state index contributed by atoms with van der Waals surface area (Å²) >= 11 is 17.3. The maximum Gasteiger partial charge on any atom is 0.365 e. The first kappa shape index (κ1) is 21.2. The minimum atomic E-state index is -4.35. The van der Waals surface area contributed by atoms with E-state index in [1.165, 1.54) is 38.1 Å². The van der Waals surface area contributed by atoms with Crippen LogP contribution in [0.1, 0.15) is 13.8 Å². The summed E-state index contributed by atoms with van der Waals surface area (Å²) in [5.74, 6) is -1.95. The smallest absolute Gasteiger partial charge is 0.307 e. The van der Waals surface area contributed by atoms with Crippen molar-refractivity contribution in [2.45, 2.75) is 28.4 Å². The second-order valence-corrected chi connectivity index (χ2v) is 10.1. The van der Waals surface area contributed by atoms with Crippen molar-refractivity contribution in [3.05, 3.63) is 30.3 Å². The molecule has 1 aromatic rings. The molecule has 0 saturated carbocycles. The van der Waals surface area contributed by atoms with Gasteiger partial charge in [0.15, 0.2) is 0 Å². The number of alkyl halides is 3. The van der Waals surface area contributed by atoms with Gasteiger partial charge in [0.1, 0.15) is 0 Å². The highest BCUT2D eigenvalue weighted by Crippen LogP contribution is 2.61. The fourth-order valence-electron chi connectivity index (χ4n) is 1.58. The summed E-state index contributed by atoms with van der Waals surface area (Å²) in [6, 6.07) is 7.18. The van der Waals surface area contributed by atoms with Gasteiger partial charge in [-0.25, -0.2) is 4.18 Å². The average molecular weight is 426 g/mol. The molecule has 0 N–H and O–H groups in total. The van der Waals surface area contributed by atoms with Gasteiger partial charge in [-0.05, 0) is 26.0 Å². The van der Waals surface area contributed by atoms with E-state index in [1.54, 1.807) is 6.07 Å². The summed E-state index contributed by atoms with van der Waals surface area (Å²) in [6.45, 7) is 2.96. The molecule has 0 spiro atoms. The zero-order valence-corrected chi connectivity index (χ0v) is 16.3. The molecule has 0 bridgehead atoms. The van der Waals surface area contributed by atoms with Gasteiger partial charge >= 0.3 is 7.60 Å². The van der Waals surface area contributed by atoms with Crippen LogP contribution < -0.4 is 0 Å². The molecule has 1 rings (SSSR count). The van der Waals surface area contributed by atoms with Gasteiger partial charge < -0.3 is 9.05 Å². The average Bonchev–Trinajstić information content (AvgIpc) is 2.45. The molecule has 0 unspecified atom stereocenters. The molecule has 0 aromatic heterocycles. The van der Waals surface area contributed by atoms with Crippen molar-refractivity contribution >= 4 is 52.5 Å². The highest BCUT2D eigenvalue weighted by Gasteiger charge is 2.52. The number of benzene rings is 1. The van der Waals surface area contributed by atoms with E-state index in [4.69, 9.17) is 48.0 Å². The predicted molar refractivity (Wildman–Crippen MR) is 89.6 cm³/mol. The number of hydrogen-bond donors (Lipinski definition) is 0. The second kappa shape index (κ2) is 8.50. The van der Waals surface area contributed by atoms with Gasteiger partial charge in [0.05, 0.1) is 18.1 Å². The minimum absolute atomic E-state index is 0.0523. The Kier molecular flexibility index (Phi) is 7.83. The molecule has 0 saturated heterocycles. The Morgan fingerprint density at radius 2 is 1.57 bits per heavy atom. The van der Waals surface area contributed by atoms with Crippen LogP contribution in [0.15, 0.2) is 35.2 Å². The molecule has 0 aliphatic rings. The topological polar surface area (TPSA) is 78.9 Å². The van der Waals surface area contributed by atoms with E-state index in [2.05, 4.69) is 0 Å². The zero-order valence-electron chi connectivity index (χ0n) is 12.3. The highest BCUT2D eigenvalue weighted by molar-refractivity contribution is 7.87. The molecule has 6 nitrogen and oxygen atoms in total. The lowest BCUT2D eigenvalue weighted by molar-refractivity contribution is 0.165. The van der Waals surface area contributed by atoms with Gasteiger partial charge in [-0.2, -0.15) is 8.42 Å². The molecular formula is C12H16Cl3O6PS. The van der Waals surface area contributed by atoms with E-state index < -0.39 is 27.4 Å². The van der Waals surface area contributed by atoms with Gasteiger partial charge in [0.2, 0.25) is 9.64 Å². The Morgan fingerprint density at radius 3 is 1.96 bits per heavy atom. The summed E-state index contributed by atoms with van der Waals surface area (Å²) in [5, 5.41) is 0. The minimum Gasteiger partial charge on any atom is -0.307 e. The number of rotatable bonds is 8. The normalized spacial score (nSPS) is 14.7. The molecule has 0 fully saturated rings. The van der Waals surface area contributed by atoms with E-state index in [1.807, 2.05) is 0 Å². The van der Waals surface area contributed by atoms with Crippen LogP contribution in [0.5, 0.6) is 0 Å². The lowest BCUT2D eigenvalue weighted by atomic mass is 10.4. The first-order valence-electron chi connectivity index (χ1n) is 6.50. The van der Waals surface area contributed by atoms with Crippen molar-refractivity contribution in [2.75, 3.05) is 13.2 Å². The molecule has 0 heterocycles. The van der Waals surface area contributed by atoms with Gasteiger partial charge in [0.25, 0.3) is 10.1 Å². The van der Waals surface area contributed by atoms with E-state index in [-0.39, 0.29) is 18.1 Å². The number of halogens is 3. The molecule has 132 valence electrons. The molecule has 0 aliphatic carbocycles. The summed E-state index contributed by atoms with van der Waals surface area (Å²) < 4.78 is 50.0. The predicted octanol–water partition coefficient (Wildman–Crippen LogP) is 4.35. The molecule has 1 aromatic carbocycles. The lowest BCUT2D eigenvalue weighted by Crippen LogP contribution is -2.33. The SMILES string of the molecule is CCOP(=O)(OCC)[C@@H](OS(=O)(=O)c1ccccc1)C(Cl)(Cl)Cl. The third kappa shape index (κ3) is 5.87. The van der Waals surface area contributed by atoms with E-state index >= 15 is 0 Å². The standard InChI is InChI=1S/C12H16Cl3O6PS/c1-3-19-22(16,20-4-2)11(12(13,14)15)21-23(17,18)10-8-6-5-7-9-10/h5-9,11H,3-4H2,1-2H3/t11-/m1/s1. The number of hydrogen-bond acceptors (Lipinski definition) is 6. The van der Waals surface area contributed by atoms with E-state index in [0.717, 1.165) is 0 Å². The lowest BCUT2D eigenvalue weighted by Gasteiger charge is -2.30. The van der Waals surface area contributed by atoms with Gasteiger partial charge in [-0.3, -0.25) is 4.57 Å². The summed E-state index contributed by atoms with van der Waals surface area (Å²) in [5.41, 5.74) is 0. The Labute approximate surface area is 150 Å². The van der Waals surface area contributed by atoms with Crippen molar-refractivity contribution in [3.63, 3.8) is 0 Å². The van der Waals surface area contributed by atoms with Crippen LogP contribution in [0.4, 0.5) is 0 Å². The molecule has 0 aliphatic heterocycles. The Balaban J connectivity index is 3.26. The first-order valence-corrected chi connectivity index (χ1v) is 10.7. The summed E-state index contributed by atoms with van der Waals surface area (Å²) in [4.78, 5) is -0.182. The third-order valence-corrected chi connectivity index (χ3v) is 7.23. The second-order valence-electron chi connectivity index (χ2n) is 4.13. The fraction of sp³-hybridized carbons (Fsp3) is 0.500. The van der Waals surface area contributed by atoms with Crippen LogP contribution in [0.3, 0.4) is 0 Å². The van der Waals surface area contributed by atoms with Crippen LogP contribution >= 0.6 is 42.4 Å². The van der Waals surface area contributed by atoms with Gasteiger partial charge in [0, 0.05) is 0 Å². The van der Waals surface area contributed by atoms with Crippen molar-refractivity contribution in [1.29, 1.82) is 0 Å². The molecule has 23 heavy (non-hydrogen) atoms. The van der Waals surface area contributed by atoms with Crippen LogP contribution in [-0.2, 0) is 27.9 Å². The van der Waals surface area contributed by atoms with Crippen molar-refractivity contribution in [1.82, 2.24) is 0 Å². The molecule has 11 heteroatoms. The Hall–Kier alpha value is 0.150. The van der Waals surface area contributed by atoms with Crippen molar-refractivity contribution in [2.24, 2.45) is 0 Å². The van der Waals surface area contributed by atoms with Crippen LogP contribution in [0, 0.1) is 0 Å². The molecular weight excluding hydrogens is 410 g/mol. The third-order valence-electron chi connectivity index (χ3n) is 2.44. The largest absolute Gasteiger partial charge is 0.365 e. The maximum absolute atomic E-state index is 12.8. The zero-order chi connectivity index (χ0) is 17.7. The molecule has 0 radical (unpaired) electrons. The first-order chi connectivity index (χ1) is 10.6. The van der Waals surface area contributed by atoms with Crippen LogP contribution in [-0.4, -0.2) is 31.3 Å². The highest BCUT2D eigenvalue weighted by atomic mass is 35.6. The fourth-order valence-corrected chi connectivity index (χ4v) is 6.12. The quantitative estimate of drug-likeness (QED) is 0.350. The van der Waals surface area contributed by atoms with Crippen LogP contribution in [0.2, 0.25) is 0 Å². The van der Waals surface area contributed by atoms with E-state index in [9.17, 15) is 13.0 Å². The molecule has 0 amide bonds. The van der Waals surface area contributed by atoms with Crippen LogP contribution in [0.25, 0.3) is 0 Å². The monoisotopic (exact) mass is 424 g/mol. The van der Waals surface area contributed by atoms with Gasteiger partial charge in [-0.15, -0.1) is 0 Å². The molecule has 1 atom stereocenters. The Morgan fingerprint density at radius 1 is 1.09 bits per heavy atom. The van der Waals surface area contributed by atoms with Crippen molar-refractivity contribution in [3.8, 4) is 0 Å². The maximum atomic E-state index is 12.8.